The highest BCUT2D eigenvalue weighted by Crippen LogP contribution is 2.30. The van der Waals surface area contributed by atoms with Crippen molar-refractivity contribution in [1.82, 2.24) is 9.78 Å². The maximum Gasteiger partial charge on any atom is 0.341 e. The lowest BCUT2D eigenvalue weighted by Gasteiger charge is -2.07. The zero-order valence-corrected chi connectivity index (χ0v) is 11.1. The molecule has 100 valence electrons. The van der Waals surface area contributed by atoms with Gasteiger partial charge in [0.2, 0.25) is 0 Å². The molecule has 1 aromatic heterocycles. The van der Waals surface area contributed by atoms with Crippen LogP contribution < -0.4 is 4.74 Å². The molecule has 0 saturated heterocycles. The molecule has 0 bridgehead atoms. The minimum absolute atomic E-state index is 0.0487. The zero-order chi connectivity index (χ0) is 13.8. The van der Waals surface area contributed by atoms with Crippen LogP contribution >= 0.6 is 11.6 Å². The van der Waals surface area contributed by atoms with Crippen molar-refractivity contribution in [2.24, 2.45) is 0 Å². The van der Waals surface area contributed by atoms with E-state index in [2.05, 4.69) is 5.10 Å². The van der Waals surface area contributed by atoms with Gasteiger partial charge in [0, 0.05) is 6.54 Å². The van der Waals surface area contributed by atoms with Gasteiger partial charge in [-0.3, -0.25) is 4.68 Å². The van der Waals surface area contributed by atoms with Crippen LogP contribution in [0.4, 0.5) is 0 Å². The van der Waals surface area contributed by atoms with Crippen LogP contribution in [0.15, 0.2) is 30.6 Å². The van der Waals surface area contributed by atoms with Gasteiger partial charge in [-0.1, -0.05) is 24.6 Å². The summed E-state index contributed by atoms with van der Waals surface area (Å²) in [5.74, 6) is -0.434. The van der Waals surface area contributed by atoms with E-state index in [4.69, 9.17) is 21.4 Å². The van der Waals surface area contributed by atoms with Gasteiger partial charge >= 0.3 is 5.97 Å². The number of hydrogen-bond acceptors (Lipinski definition) is 3. The van der Waals surface area contributed by atoms with Gasteiger partial charge in [-0.15, -0.1) is 0 Å². The molecule has 6 heteroatoms. The molecule has 0 saturated carbocycles. The maximum atomic E-state index is 11.2. The van der Waals surface area contributed by atoms with Crippen molar-refractivity contribution in [1.29, 1.82) is 0 Å². The summed E-state index contributed by atoms with van der Waals surface area (Å²) in [6.07, 6.45) is 4.22. The van der Waals surface area contributed by atoms with E-state index in [1.54, 1.807) is 29.2 Å². The standard InChI is InChI=1S/C13H13ClN2O3/c1-2-6-16-8-9(7-15-16)19-11-5-3-4-10(14)12(11)13(17)18/h3-5,7-8H,2,6H2,1H3,(H,17,18). The summed E-state index contributed by atoms with van der Waals surface area (Å²) in [6.45, 7) is 2.83. The van der Waals surface area contributed by atoms with E-state index in [9.17, 15) is 4.79 Å². The number of benzene rings is 1. The Hall–Kier alpha value is -2.01. The average Bonchev–Trinajstić information content (AvgIpc) is 2.76. The van der Waals surface area contributed by atoms with Crippen LogP contribution in [0.3, 0.4) is 0 Å². The molecule has 1 heterocycles. The van der Waals surface area contributed by atoms with Gasteiger partial charge in [0.05, 0.1) is 17.4 Å². The fourth-order valence-corrected chi connectivity index (χ4v) is 1.92. The lowest BCUT2D eigenvalue weighted by Crippen LogP contribution is -2.01. The first-order chi connectivity index (χ1) is 9.11. The lowest BCUT2D eigenvalue weighted by molar-refractivity contribution is 0.0694. The number of aryl methyl sites for hydroxylation is 1. The molecule has 0 unspecified atom stereocenters. The van der Waals surface area contributed by atoms with Gasteiger partial charge in [0.1, 0.15) is 11.3 Å². The third kappa shape index (κ3) is 3.06. The molecule has 5 nitrogen and oxygen atoms in total. The van der Waals surface area contributed by atoms with Gasteiger partial charge in [-0.05, 0) is 18.6 Å². The van der Waals surface area contributed by atoms with Crippen LogP contribution in [-0.2, 0) is 6.54 Å². The second-order valence-electron chi connectivity index (χ2n) is 3.96. The Morgan fingerprint density at radius 1 is 1.53 bits per heavy atom. The number of carboxylic acid groups (broad SMARTS) is 1. The Morgan fingerprint density at radius 2 is 2.32 bits per heavy atom. The highest BCUT2D eigenvalue weighted by Gasteiger charge is 2.16. The number of ether oxygens (including phenoxy) is 1. The Kier molecular flexibility index (Phi) is 4.06. The fraction of sp³-hybridized carbons (Fsp3) is 0.231. The van der Waals surface area contributed by atoms with Crippen molar-refractivity contribution < 1.29 is 14.6 Å². The Balaban J connectivity index is 2.27. The highest BCUT2D eigenvalue weighted by atomic mass is 35.5. The predicted octanol–water partition coefficient (Wildman–Crippen LogP) is 3.44. The Morgan fingerprint density at radius 3 is 3.00 bits per heavy atom. The first-order valence-corrected chi connectivity index (χ1v) is 6.21. The van der Waals surface area contributed by atoms with Gasteiger partial charge < -0.3 is 9.84 Å². The number of hydrogen-bond donors (Lipinski definition) is 1. The van der Waals surface area contributed by atoms with Gasteiger partial charge in [-0.25, -0.2) is 4.79 Å². The second kappa shape index (κ2) is 5.75. The third-order valence-electron chi connectivity index (χ3n) is 2.48. The van der Waals surface area contributed by atoms with E-state index >= 15 is 0 Å². The van der Waals surface area contributed by atoms with Crippen molar-refractivity contribution in [2.45, 2.75) is 19.9 Å². The molecule has 0 amide bonds. The molecular weight excluding hydrogens is 268 g/mol. The Bertz CT molecular complexity index is 595. The predicted molar refractivity (Wildman–Crippen MR) is 71.0 cm³/mol. The van der Waals surface area contributed by atoms with Crippen molar-refractivity contribution >= 4 is 17.6 Å². The summed E-state index contributed by atoms with van der Waals surface area (Å²) in [5.41, 5.74) is -0.0487. The summed E-state index contributed by atoms with van der Waals surface area (Å²) in [5, 5.41) is 13.4. The van der Waals surface area contributed by atoms with Crippen LogP contribution in [0.1, 0.15) is 23.7 Å². The van der Waals surface area contributed by atoms with Gasteiger partial charge in [0.25, 0.3) is 0 Å². The van der Waals surface area contributed by atoms with Crippen molar-refractivity contribution in [3.63, 3.8) is 0 Å². The van der Waals surface area contributed by atoms with E-state index in [1.165, 1.54) is 6.07 Å². The number of carboxylic acids is 1. The molecule has 0 spiro atoms. The van der Waals surface area contributed by atoms with E-state index in [0.717, 1.165) is 13.0 Å². The number of carbonyl (C=O) groups is 1. The number of aromatic nitrogens is 2. The molecule has 0 atom stereocenters. The molecule has 1 N–H and O–H groups in total. The normalized spacial score (nSPS) is 10.4. The SMILES string of the molecule is CCCn1cc(Oc2cccc(Cl)c2C(=O)O)cn1. The van der Waals surface area contributed by atoms with Crippen molar-refractivity contribution in [3.8, 4) is 11.5 Å². The highest BCUT2D eigenvalue weighted by molar-refractivity contribution is 6.33. The molecule has 0 aliphatic heterocycles. The Labute approximate surface area is 115 Å². The molecule has 0 aliphatic rings. The monoisotopic (exact) mass is 280 g/mol. The largest absolute Gasteiger partial charge is 0.478 e. The molecule has 2 aromatic rings. The first kappa shape index (κ1) is 13.4. The van der Waals surface area contributed by atoms with E-state index in [0.29, 0.717) is 5.75 Å². The van der Waals surface area contributed by atoms with Gasteiger partial charge in [0.15, 0.2) is 5.75 Å². The molecule has 0 radical (unpaired) electrons. The third-order valence-corrected chi connectivity index (χ3v) is 2.79. The maximum absolute atomic E-state index is 11.2. The summed E-state index contributed by atoms with van der Waals surface area (Å²) >= 11 is 5.86. The van der Waals surface area contributed by atoms with Crippen LogP contribution in [-0.4, -0.2) is 20.9 Å². The number of nitrogens with zero attached hydrogens (tertiary/aromatic N) is 2. The fourth-order valence-electron chi connectivity index (χ4n) is 1.67. The van der Waals surface area contributed by atoms with Gasteiger partial charge in [-0.2, -0.15) is 5.10 Å². The van der Waals surface area contributed by atoms with Crippen LogP contribution in [0.5, 0.6) is 11.5 Å². The second-order valence-corrected chi connectivity index (χ2v) is 4.37. The molecular formula is C13H13ClN2O3. The zero-order valence-electron chi connectivity index (χ0n) is 10.3. The molecule has 1 aromatic carbocycles. The van der Waals surface area contributed by atoms with Crippen molar-refractivity contribution in [2.75, 3.05) is 0 Å². The number of halogens is 1. The molecule has 0 fully saturated rings. The molecule has 19 heavy (non-hydrogen) atoms. The van der Waals surface area contributed by atoms with Crippen LogP contribution in [0.2, 0.25) is 5.02 Å². The number of rotatable bonds is 5. The first-order valence-electron chi connectivity index (χ1n) is 5.84. The molecule has 0 aliphatic carbocycles. The minimum atomic E-state index is -1.12. The van der Waals surface area contributed by atoms with E-state index in [-0.39, 0.29) is 16.3 Å². The summed E-state index contributed by atoms with van der Waals surface area (Å²) in [7, 11) is 0. The van der Waals surface area contributed by atoms with Crippen LogP contribution in [0, 0.1) is 0 Å². The smallest absolute Gasteiger partial charge is 0.341 e. The molecule has 2 rings (SSSR count). The van der Waals surface area contributed by atoms with E-state index in [1.807, 2.05) is 6.92 Å². The topological polar surface area (TPSA) is 64.3 Å². The van der Waals surface area contributed by atoms with E-state index < -0.39 is 5.97 Å². The minimum Gasteiger partial charge on any atom is -0.478 e. The quantitative estimate of drug-likeness (QED) is 0.911. The lowest BCUT2D eigenvalue weighted by atomic mass is 10.2. The van der Waals surface area contributed by atoms with Crippen molar-refractivity contribution in [3.05, 3.63) is 41.2 Å². The van der Waals surface area contributed by atoms with Crippen LogP contribution in [0.25, 0.3) is 0 Å². The number of aromatic carboxylic acids is 1. The summed E-state index contributed by atoms with van der Waals surface area (Å²) in [6, 6.07) is 4.71. The average molecular weight is 281 g/mol. The summed E-state index contributed by atoms with van der Waals surface area (Å²) in [4.78, 5) is 11.2. The summed E-state index contributed by atoms with van der Waals surface area (Å²) < 4.78 is 7.27.